The van der Waals surface area contributed by atoms with Gasteiger partial charge < -0.3 is 21.1 Å². The van der Waals surface area contributed by atoms with Gasteiger partial charge in [0.25, 0.3) is 0 Å². The minimum absolute atomic E-state index is 0.339. The van der Waals surface area contributed by atoms with Crippen LogP contribution in [0.5, 0.6) is 0 Å². The lowest BCUT2D eigenvalue weighted by atomic mass is 10.1. The Morgan fingerprint density at radius 3 is 2.67 bits per heavy atom. The first kappa shape index (κ1) is 21.2. The van der Waals surface area contributed by atoms with E-state index in [4.69, 9.17) is 5.73 Å². The largest absolute Gasteiger partial charge is 0.480 e. The second-order valence-electron chi connectivity index (χ2n) is 6.67. The molecule has 27 heavy (non-hydrogen) atoms. The molecule has 148 valence electrons. The number of hydrogen-bond acceptors (Lipinski definition) is 5. The molecule has 0 aliphatic carbocycles. The van der Waals surface area contributed by atoms with Gasteiger partial charge in [0.05, 0.1) is 6.04 Å². The van der Waals surface area contributed by atoms with Crippen molar-refractivity contribution < 1.29 is 19.5 Å². The molecule has 1 fully saturated rings. The van der Waals surface area contributed by atoms with Crippen molar-refractivity contribution in [1.29, 1.82) is 0 Å². The van der Waals surface area contributed by atoms with Crippen LogP contribution in [0.4, 0.5) is 0 Å². The fourth-order valence-corrected chi connectivity index (χ4v) is 3.69. The van der Waals surface area contributed by atoms with Gasteiger partial charge in [-0.25, -0.2) is 4.79 Å². The van der Waals surface area contributed by atoms with Gasteiger partial charge in [0, 0.05) is 6.54 Å². The highest BCUT2D eigenvalue weighted by Gasteiger charge is 2.37. The van der Waals surface area contributed by atoms with Crippen LogP contribution < -0.4 is 11.1 Å². The van der Waals surface area contributed by atoms with E-state index in [0.717, 1.165) is 5.56 Å². The molecule has 1 aliphatic heterocycles. The molecule has 8 heteroatoms. The van der Waals surface area contributed by atoms with Crippen LogP contribution in [0.25, 0.3) is 0 Å². The van der Waals surface area contributed by atoms with Gasteiger partial charge in [-0.1, -0.05) is 30.3 Å². The lowest BCUT2D eigenvalue weighted by Crippen LogP contribution is -2.55. The molecule has 0 unspecified atom stereocenters. The number of benzene rings is 1. The van der Waals surface area contributed by atoms with Crippen molar-refractivity contribution in [3.05, 3.63) is 35.9 Å². The highest BCUT2D eigenvalue weighted by atomic mass is 32.2. The molecule has 1 heterocycles. The quantitative estimate of drug-likeness (QED) is 0.574. The van der Waals surface area contributed by atoms with Crippen LogP contribution in [0.15, 0.2) is 30.3 Å². The van der Waals surface area contributed by atoms with Gasteiger partial charge in [-0.2, -0.15) is 11.8 Å². The molecule has 4 N–H and O–H groups in total. The normalized spacial score (nSPS) is 18.7. The van der Waals surface area contributed by atoms with Crippen molar-refractivity contribution in [2.45, 2.75) is 43.8 Å². The van der Waals surface area contributed by atoms with E-state index >= 15 is 0 Å². The maximum Gasteiger partial charge on any atom is 0.326 e. The second kappa shape index (κ2) is 10.3. The van der Waals surface area contributed by atoms with Gasteiger partial charge in [-0.05, 0) is 43.3 Å². The van der Waals surface area contributed by atoms with Gasteiger partial charge in [0.15, 0.2) is 0 Å². The van der Waals surface area contributed by atoms with Crippen LogP contribution in [0.2, 0.25) is 0 Å². The first-order valence-corrected chi connectivity index (χ1v) is 10.5. The zero-order valence-electron chi connectivity index (χ0n) is 15.5. The second-order valence-corrected chi connectivity index (χ2v) is 7.65. The highest BCUT2D eigenvalue weighted by Crippen LogP contribution is 2.19. The van der Waals surface area contributed by atoms with Crippen molar-refractivity contribution in [3.8, 4) is 0 Å². The molecule has 1 aromatic rings. The van der Waals surface area contributed by atoms with E-state index in [1.54, 1.807) is 11.8 Å². The molecule has 1 aromatic carbocycles. The Bertz CT molecular complexity index is 656. The van der Waals surface area contributed by atoms with Gasteiger partial charge in [-0.3, -0.25) is 9.59 Å². The van der Waals surface area contributed by atoms with Gasteiger partial charge in [0.2, 0.25) is 11.8 Å². The van der Waals surface area contributed by atoms with Crippen molar-refractivity contribution in [2.24, 2.45) is 5.73 Å². The average Bonchev–Trinajstić information content (AvgIpc) is 3.15. The smallest absolute Gasteiger partial charge is 0.326 e. The maximum atomic E-state index is 12.9. The van der Waals surface area contributed by atoms with E-state index in [1.165, 1.54) is 4.90 Å². The molecular formula is C19H27N3O4S. The van der Waals surface area contributed by atoms with Crippen LogP contribution in [-0.4, -0.2) is 64.5 Å². The molecule has 2 rings (SSSR count). The molecule has 3 atom stereocenters. The standard InChI is InChI=1S/C19H27N3O4S/c1-27-11-9-15(18(24)22-10-5-8-16(22)19(25)26)21-17(23)14(20)12-13-6-3-2-4-7-13/h2-4,6-7,14-16H,5,8-12,20H2,1H3,(H,21,23)(H,25,26)/t14-,15-,16+/m0/s1. The summed E-state index contributed by atoms with van der Waals surface area (Å²) in [6, 6.07) is 7.09. The van der Waals surface area contributed by atoms with E-state index < -0.39 is 30.0 Å². The summed E-state index contributed by atoms with van der Waals surface area (Å²) in [5.41, 5.74) is 6.96. The number of carboxylic acid groups (broad SMARTS) is 1. The Balaban J connectivity index is 2.03. The van der Waals surface area contributed by atoms with Crippen LogP contribution in [0.3, 0.4) is 0 Å². The molecule has 0 bridgehead atoms. The minimum Gasteiger partial charge on any atom is -0.480 e. The first-order chi connectivity index (χ1) is 12.9. The summed E-state index contributed by atoms with van der Waals surface area (Å²) in [7, 11) is 0. The van der Waals surface area contributed by atoms with Crippen LogP contribution >= 0.6 is 11.8 Å². The fourth-order valence-electron chi connectivity index (χ4n) is 3.22. The number of thioether (sulfide) groups is 1. The molecule has 0 aromatic heterocycles. The van der Waals surface area contributed by atoms with E-state index in [-0.39, 0.29) is 5.91 Å². The number of nitrogens with two attached hydrogens (primary N) is 1. The third-order valence-corrected chi connectivity index (χ3v) is 5.33. The zero-order chi connectivity index (χ0) is 19.8. The Hall–Kier alpha value is -2.06. The van der Waals surface area contributed by atoms with Gasteiger partial charge in [0.1, 0.15) is 12.1 Å². The summed E-state index contributed by atoms with van der Waals surface area (Å²) >= 11 is 1.57. The number of amides is 2. The topological polar surface area (TPSA) is 113 Å². The summed E-state index contributed by atoms with van der Waals surface area (Å²) < 4.78 is 0. The molecular weight excluding hydrogens is 366 g/mol. The molecule has 2 amide bonds. The number of carbonyl (C=O) groups is 3. The lowest BCUT2D eigenvalue weighted by Gasteiger charge is -2.28. The number of aliphatic carboxylic acids is 1. The van der Waals surface area contributed by atoms with E-state index in [9.17, 15) is 19.5 Å². The zero-order valence-corrected chi connectivity index (χ0v) is 16.3. The van der Waals surface area contributed by atoms with Crippen molar-refractivity contribution >= 4 is 29.5 Å². The number of likely N-dealkylation sites (tertiary alicyclic amines) is 1. The summed E-state index contributed by atoms with van der Waals surface area (Å²) in [6.07, 6.45) is 3.82. The van der Waals surface area contributed by atoms with Gasteiger partial charge >= 0.3 is 5.97 Å². The fraction of sp³-hybridized carbons (Fsp3) is 0.526. The molecule has 1 saturated heterocycles. The minimum atomic E-state index is -1.00. The van der Waals surface area contributed by atoms with E-state index in [2.05, 4.69) is 5.32 Å². The predicted molar refractivity (Wildman–Crippen MR) is 105 cm³/mol. The summed E-state index contributed by atoms with van der Waals surface area (Å²) in [5, 5.41) is 12.1. The number of carboxylic acids is 1. The SMILES string of the molecule is CSCC[C@H](NC(=O)[C@@H](N)Cc1ccccc1)C(=O)N1CCC[C@@H]1C(=O)O. The maximum absolute atomic E-state index is 12.9. The Labute approximate surface area is 163 Å². The first-order valence-electron chi connectivity index (χ1n) is 9.06. The van der Waals surface area contributed by atoms with E-state index in [1.807, 2.05) is 36.6 Å². The van der Waals surface area contributed by atoms with Crippen LogP contribution in [-0.2, 0) is 20.8 Å². The predicted octanol–water partition coefficient (Wildman–Crippen LogP) is 0.870. The summed E-state index contributed by atoms with van der Waals surface area (Å²) in [4.78, 5) is 38.2. The van der Waals surface area contributed by atoms with Crippen molar-refractivity contribution in [2.75, 3.05) is 18.6 Å². The average molecular weight is 394 g/mol. The Kier molecular flexibility index (Phi) is 8.12. The molecule has 0 saturated carbocycles. The lowest BCUT2D eigenvalue weighted by molar-refractivity contribution is -0.149. The van der Waals surface area contributed by atoms with Crippen LogP contribution in [0, 0.1) is 0 Å². The number of nitrogens with zero attached hydrogens (tertiary/aromatic N) is 1. The monoisotopic (exact) mass is 393 g/mol. The van der Waals surface area contributed by atoms with Crippen molar-refractivity contribution in [1.82, 2.24) is 10.2 Å². The third-order valence-electron chi connectivity index (χ3n) is 4.68. The highest BCUT2D eigenvalue weighted by molar-refractivity contribution is 7.98. The Morgan fingerprint density at radius 1 is 1.33 bits per heavy atom. The molecule has 7 nitrogen and oxygen atoms in total. The van der Waals surface area contributed by atoms with Crippen molar-refractivity contribution in [3.63, 3.8) is 0 Å². The molecule has 1 aliphatic rings. The number of hydrogen-bond donors (Lipinski definition) is 3. The summed E-state index contributed by atoms with van der Waals surface area (Å²) in [6.45, 7) is 0.400. The number of carbonyl (C=O) groups excluding carboxylic acids is 2. The number of rotatable bonds is 9. The Morgan fingerprint density at radius 2 is 2.04 bits per heavy atom. The third kappa shape index (κ3) is 5.97. The molecule has 0 spiro atoms. The van der Waals surface area contributed by atoms with E-state index in [0.29, 0.717) is 38.0 Å². The number of nitrogens with one attached hydrogen (secondary N) is 1. The molecule has 0 radical (unpaired) electrons. The summed E-state index contributed by atoms with van der Waals surface area (Å²) in [5.74, 6) is -1.06. The van der Waals surface area contributed by atoms with Crippen LogP contribution in [0.1, 0.15) is 24.8 Å². The van der Waals surface area contributed by atoms with Gasteiger partial charge in [-0.15, -0.1) is 0 Å².